The van der Waals surface area contributed by atoms with Gasteiger partial charge in [-0.05, 0) is 25.1 Å². The molecule has 0 N–H and O–H groups in total. The maximum absolute atomic E-state index is 11.8. The smallest absolute Gasteiger partial charge is 0.337 e. The van der Waals surface area contributed by atoms with Gasteiger partial charge in [-0.15, -0.1) is 0 Å². The van der Waals surface area contributed by atoms with E-state index in [1.807, 2.05) is 25.1 Å². The van der Waals surface area contributed by atoms with Crippen molar-refractivity contribution in [3.63, 3.8) is 0 Å². The van der Waals surface area contributed by atoms with Crippen molar-refractivity contribution >= 4 is 34.4 Å². The van der Waals surface area contributed by atoms with Crippen LogP contribution in [0.3, 0.4) is 0 Å². The fourth-order valence-corrected chi connectivity index (χ4v) is 2.44. The Kier molecular flexibility index (Phi) is 5.01. The summed E-state index contributed by atoms with van der Waals surface area (Å²) < 4.78 is 9.87. The van der Waals surface area contributed by atoms with Gasteiger partial charge in [-0.1, -0.05) is 29.8 Å². The SMILES string of the molecule is C=C(C(=O)OC)C(OC(C)=O)c1cc2cc(C)ccc2nc1Cl. The van der Waals surface area contributed by atoms with E-state index >= 15 is 0 Å². The van der Waals surface area contributed by atoms with E-state index in [-0.39, 0.29) is 10.7 Å². The van der Waals surface area contributed by atoms with Crippen LogP contribution < -0.4 is 0 Å². The predicted octanol–water partition coefficient (Wildman–Crippen LogP) is 3.53. The van der Waals surface area contributed by atoms with Crippen LogP contribution in [-0.4, -0.2) is 24.0 Å². The number of halogens is 1. The Labute approximate surface area is 138 Å². The quantitative estimate of drug-likeness (QED) is 0.486. The lowest BCUT2D eigenvalue weighted by Gasteiger charge is -2.19. The van der Waals surface area contributed by atoms with Crippen molar-refractivity contribution in [1.82, 2.24) is 4.98 Å². The Morgan fingerprint density at radius 1 is 1.30 bits per heavy atom. The van der Waals surface area contributed by atoms with Gasteiger partial charge in [-0.25, -0.2) is 9.78 Å². The van der Waals surface area contributed by atoms with Gasteiger partial charge in [0.1, 0.15) is 5.15 Å². The Balaban J connectivity index is 2.59. The zero-order chi connectivity index (χ0) is 17.1. The average Bonchev–Trinajstić information content (AvgIpc) is 2.51. The van der Waals surface area contributed by atoms with Crippen LogP contribution in [0.2, 0.25) is 5.15 Å². The predicted molar refractivity (Wildman–Crippen MR) is 87.2 cm³/mol. The molecule has 0 saturated heterocycles. The van der Waals surface area contributed by atoms with E-state index in [1.54, 1.807) is 6.07 Å². The Morgan fingerprint density at radius 3 is 2.61 bits per heavy atom. The third-order valence-electron chi connectivity index (χ3n) is 3.28. The van der Waals surface area contributed by atoms with Gasteiger partial charge in [0.2, 0.25) is 0 Å². The minimum atomic E-state index is -1.05. The molecule has 0 aliphatic carbocycles. The van der Waals surface area contributed by atoms with Crippen molar-refractivity contribution in [2.24, 2.45) is 0 Å². The van der Waals surface area contributed by atoms with E-state index in [0.717, 1.165) is 10.9 Å². The fraction of sp³-hybridized carbons (Fsp3) is 0.235. The number of carbonyl (C=O) groups is 2. The Bertz CT molecular complexity index is 801. The van der Waals surface area contributed by atoms with Crippen molar-refractivity contribution in [2.45, 2.75) is 20.0 Å². The fourth-order valence-electron chi connectivity index (χ4n) is 2.20. The number of hydrogen-bond acceptors (Lipinski definition) is 5. The first-order chi connectivity index (χ1) is 10.8. The van der Waals surface area contributed by atoms with Crippen molar-refractivity contribution in [2.75, 3.05) is 7.11 Å². The van der Waals surface area contributed by atoms with Gasteiger partial charge >= 0.3 is 11.9 Å². The van der Waals surface area contributed by atoms with Crippen LogP contribution in [-0.2, 0) is 19.1 Å². The molecule has 1 unspecified atom stereocenters. The van der Waals surface area contributed by atoms with Gasteiger partial charge in [0.25, 0.3) is 0 Å². The highest BCUT2D eigenvalue weighted by Gasteiger charge is 2.27. The molecular weight excluding hydrogens is 318 g/mol. The summed E-state index contributed by atoms with van der Waals surface area (Å²) in [6, 6.07) is 7.42. The first-order valence-electron chi connectivity index (χ1n) is 6.84. The third kappa shape index (κ3) is 3.68. The van der Waals surface area contributed by atoms with Gasteiger partial charge in [-0.2, -0.15) is 0 Å². The van der Waals surface area contributed by atoms with Crippen LogP contribution in [0, 0.1) is 6.92 Å². The van der Waals surface area contributed by atoms with E-state index in [1.165, 1.54) is 14.0 Å². The molecule has 1 heterocycles. The number of carbonyl (C=O) groups excluding carboxylic acids is 2. The van der Waals surface area contributed by atoms with E-state index in [0.29, 0.717) is 11.1 Å². The van der Waals surface area contributed by atoms with Crippen LogP contribution in [0.25, 0.3) is 10.9 Å². The molecule has 23 heavy (non-hydrogen) atoms. The molecular formula is C17H16ClNO4. The number of esters is 2. The number of aromatic nitrogens is 1. The molecule has 0 amide bonds. The molecule has 0 spiro atoms. The number of aryl methyl sites for hydroxylation is 1. The minimum absolute atomic E-state index is 0.0293. The second-order valence-corrected chi connectivity index (χ2v) is 5.43. The molecule has 2 aromatic rings. The molecule has 1 aromatic carbocycles. The summed E-state index contributed by atoms with van der Waals surface area (Å²) >= 11 is 6.22. The summed E-state index contributed by atoms with van der Waals surface area (Å²) in [5, 5.41) is 0.955. The van der Waals surface area contributed by atoms with Crippen LogP contribution in [0.1, 0.15) is 24.2 Å². The van der Waals surface area contributed by atoms with Crippen LogP contribution in [0.4, 0.5) is 0 Å². The highest BCUT2D eigenvalue weighted by molar-refractivity contribution is 6.30. The van der Waals surface area contributed by atoms with Gasteiger partial charge in [-0.3, -0.25) is 4.79 Å². The van der Waals surface area contributed by atoms with E-state index in [2.05, 4.69) is 16.3 Å². The lowest BCUT2D eigenvalue weighted by Crippen LogP contribution is -2.18. The van der Waals surface area contributed by atoms with Gasteiger partial charge in [0, 0.05) is 17.9 Å². The summed E-state index contributed by atoms with van der Waals surface area (Å²) in [5.41, 5.74) is 2.10. The van der Waals surface area contributed by atoms with Gasteiger partial charge in [0.15, 0.2) is 6.10 Å². The monoisotopic (exact) mass is 333 g/mol. The lowest BCUT2D eigenvalue weighted by molar-refractivity contribution is -0.147. The second kappa shape index (κ2) is 6.79. The lowest BCUT2D eigenvalue weighted by atomic mass is 10.0. The zero-order valence-electron chi connectivity index (χ0n) is 13.1. The topological polar surface area (TPSA) is 65.5 Å². The highest BCUT2D eigenvalue weighted by Crippen LogP contribution is 2.33. The molecule has 120 valence electrons. The van der Waals surface area contributed by atoms with Crippen LogP contribution in [0.5, 0.6) is 0 Å². The maximum Gasteiger partial charge on any atom is 0.337 e. The van der Waals surface area contributed by atoms with Crippen molar-refractivity contribution in [1.29, 1.82) is 0 Å². The summed E-state index contributed by atoms with van der Waals surface area (Å²) in [7, 11) is 1.22. The molecule has 0 aliphatic rings. The zero-order valence-corrected chi connectivity index (χ0v) is 13.8. The number of fused-ring (bicyclic) bond motifs is 1. The average molecular weight is 334 g/mol. The highest BCUT2D eigenvalue weighted by atomic mass is 35.5. The number of methoxy groups -OCH3 is 1. The van der Waals surface area contributed by atoms with Crippen LogP contribution >= 0.6 is 11.6 Å². The third-order valence-corrected chi connectivity index (χ3v) is 3.58. The summed E-state index contributed by atoms with van der Waals surface area (Å²) in [4.78, 5) is 27.4. The number of benzene rings is 1. The van der Waals surface area contributed by atoms with Crippen molar-refractivity contribution in [3.8, 4) is 0 Å². The summed E-state index contributed by atoms with van der Waals surface area (Å²) in [6.07, 6.45) is -1.05. The van der Waals surface area contributed by atoms with Crippen molar-refractivity contribution in [3.05, 3.63) is 52.7 Å². The molecule has 6 heteroatoms. The van der Waals surface area contributed by atoms with E-state index in [4.69, 9.17) is 16.3 Å². The minimum Gasteiger partial charge on any atom is -0.466 e. The first kappa shape index (κ1) is 17.0. The van der Waals surface area contributed by atoms with Crippen LogP contribution in [0.15, 0.2) is 36.4 Å². The normalized spacial score (nSPS) is 11.8. The summed E-state index contributed by atoms with van der Waals surface area (Å²) in [6.45, 7) is 6.85. The molecule has 0 aliphatic heterocycles. The number of ether oxygens (including phenoxy) is 2. The van der Waals surface area contributed by atoms with Gasteiger partial charge < -0.3 is 9.47 Å². The number of nitrogens with zero attached hydrogens (tertiary/aromatic N) is 1. The van der Waals surface area contributed by atoms with Crippen molar-refractivity contribution < 1.29 is 19.1 Å². The number of rotatable bonds is 4. The second-order valence-electron chi connectivity index (χ2n) is 5.07. The Hall–Kier alpha value is -2.40. The maximum atomic E-state index is 11.8. The molecule has 0 bridgehead atoms. The number of hydrogen-bond donors (Lipinski definition) is 0. The largest absolute Gasteiger partial charge is 0.466 e. The van der Waals surface area contributed by atoms with Gasteiger partial charge in [0.05, 0.1) is 18.2 Å². The van der Waals surface area contributed by atoms with E-state index < -0.39 is 18.0 Å². The molecule has 0 saturated carbocycles. The first-order valence-corrected chi connectivity index (χ1v) is 7.22. The molecule has 0 fully saturated rings. The molecule has 5 nitrogen and oxygen atoms in total. The van der Waals surface area contributed by atoms with E-state index in [9.17, 15) is 9.59 Å². The Morgan fingerprint density at radius 2 is 2.00 bits per heavy atom. The summed E-state index contributed by atoms with van der Waals surface area (Å²) in [5.74, 6) is -1.25. The molecule has 1 atom stereocenters. The molecule has 2 rings (SSSR count). The number of pyridine rings is 1. The molecule has 0 radical (unpaired) electrons. The standard InChI is InChI=1S/C17H16ClNO4/c1-9-5-6-14-12(7-9)8-13(16(18)19-14)15(23-11(3)20)10(2)17(21)22-4/h5-8,15H,2H2,1,3-4H3. The molecule has 1 aromatic heterocycles.